The van der Waals surface area contributed by atoms with Crippen LogP contribution in [0.2, 0.25) is 0 Å². The fraction of sp³-hybridized carbons (Fsp3) is 0.538. The maximum atomic E-state index is 10.0. The Kier molecular flexibility index (Phi) is 4.14. The summed E-state index contributed by atoms with van der Waals surface area (Å²) < 4.78 is 0. The van der Waals surface area contributed by atoms with Crippen LogP contribution < -0.4 is 10.6 Å². The first kappa shape index (κ1) is 13.2. The molecule has 98 valence electrons. The van der Waals surface area contributed by atoms with Crippen LogP contribution >= 0.6 is 12.2 Å². The van der Waals surface area contributed by atoms with Crippen molar-refractivity contribution in [3.05, 3.63) is 23.9 Å². The molecule has 1 saturated carbocycles. The van der Waals surface area contributed by atoms with Crippen LogP contribution in [-0.2, 0) is 0 Å². The number of hydrogen-bond acceptors (Lipinski definition) is 4. The van der Waals surface area contributed by atoms with Gasteiger partial charge in [-0.25, -0.2) is 4.98 Å². The molecule has 4 nitrogen and oxygen atoms in total. The number of aliphatic hydroxyl groups is 1. The number of nitrogens with two attached hydrogens (primary N) is 1. The van der Waals surface area contributed by atoms with Gasteiger partial charge in [0.05, 0.1) is 12.1 Å². The van der Waals surface area contributed by atoms with Crippen LogP contribution in [0.5, 0.6) is 0 Å². The fourth-order valence-corrected chi connectivity index (χ4v) is 2.57. The average molecular weight is 265 g/mol. The molecular weight excluding hydrogens is 246 g/mol. The lowest BCUT2D eigenvalue weighted by molar-refractivity contribution is 0.106. The highest BCUT2D eigenvalue weighted by Crippen LogP contribution is 2.25. The molecule has 0 aliphatic heterocycles. The van der Waals surface area contributed by atoms with Crippen molar-refractivity contribution < 1.29 is 5.11 Å². The molecule has 1 heterocycles. The zero-order valence-corrected chi connectivity index (χ0v) is 11.4. The summed E-state index contributed by atoms with van der Waals surface area (Å²) in [5.41, 5.74) is 6.31. The molecule has 18 heavy (non-hydrogen) atoms. The number of nitrogens with zero attached hydrogens (tertiary/aromatic N) is 2. The minimum Gasteiger partial charge on any atom is -0.391 e. The highest BCUT2D eigenvalue weighted by molar-refractivity contribution is 7.80. The van der Waals surface area contributed by atoms with E-state index in [0.29, 0.717) is 4.99 Å². The molecule has 2 unspecified atom stereocenters. The van der Waals surface area contributed by atoms with Crippen molar-refractivity contribution in [2.75, 3.05) is 11.9 Å². The van der Waals surface area contributed by atoms with Crippen molar-refractivity contribution in [1.29, 1.82) is 0 Å². The predicted molar refractivity (Wildman–Crippen MR) is 76.8 cm³/mol. The Morgan fingerprint density at radius 3 is 2.72 bits per heavy atom. The molecule has 0 bridgehead atoms. The molecule has 0 amide bonds. The molecule has 2 atom stereocenters. The first-order valence-electron chi connectivity index (χ1n) is 6.26. The molecule has 0 radical (unpaired) electrons. The highest BCUT2D eigenvalue weighted by atomic mass is 32.1. The van der Waals surface area contributed by atoms with Gasteiger partial charge in [-0.05, 0) is 25.0 Å². The monoisotopic (exact) mass is 265 g/mol. The van der Waals surface area contributed by atoms with E-state index >= 15 is 0 Å². The molecule has 0 aromatic carbocycles. The Morgan fingerprint density at radius 1 is 1.44 bits per heavy atom. The van der Waals surface area contributed by atoms with Crippen molar-refractivity contribution in [2.24, 2.45) is 5.73 Å². The van der Waals surface area contributed by atoms with E-state index < -0.39 is 0 Å². The Morgan fingerprint density at radius 2 is 2.17 bits per heavy atom. The second kappa shape index (κ2) is 5.63. The topological polar surface area (TPSA) is 62.4 Å². The summed E-state index contributed by atoms with van der Waals surface area (Å²) in [5.74, 6) is 0.848. The van der Waals surface area contributed by atoms with Gasteiger partial charge in [0.1, 0.15) is 10.8 Å². The molecule has 1 fully saturated rings. The van der Waals surface area contributed by atoms with Gasteiger partial charge in [0.15, 0.2) is 0 Å². The first-order chi connectivity index (χ1) is 8.59. The second-order valence-electron chi connectivity index (χ2n) is 4.80. The van der Waals surface area contributed by atoms with E-state index in [-0.39, 0.29) is 12.1 Å². The normalized spacial score (nSPS) is 23.7. The number of aliphatic hydroxyl groups excluding tert-OH is 1. The molecule has 1 aromatic heterocycles. The zero-order chi connectivity index (χ0) is 13.1. The van der Waals surface area contributed by atoms with E-state index in [9.17, 15) is 5.11 Å². The highest BCUT2D eigenvalue weighted by Gasteiger charge is 2.27. The van der Waals surface area contributed by atoms with Crippen LogP contribution in [0, 0.1) is 0 Å². The van der Waals surface area contributed by atoms with E-state index in [1.54, 1.807) is 6.20 Å². The number of rotatable bonds is 3. The SMILES string of the molecule is CN(c1ccc(C(N)=S)cn1)C1CCCCC1O. The smallest absolute Gasteiger partial charge is 0.128 e. The second-order valence-corrected chi connectivity index (χ2v) is 5.24. The first-order valence-corrected chi connectivity index (χ1v) is 6.67. The lowest BCUT2D eigenvalue weighted by Gasteiger charge is -2.35. The summed E-state index contributed by atoms with van der Waals surface area (Å²) in [6, 6.07) is 3.92. The summed E-state index contributed by atoms with van der Waals surface area (Å²) in [4.78, 5) is 6.76. The van der Waals surface area contributed by atoms with Crippen LogP contribution in [-0.4, -0.2) is 34.3 Å². The maximum absolute atomic E-state index is 10.0. The van der Waals surface area contributed by atoms with Gasteiger partial charge >= 0.3 is 0 Å². The van der Waals surface area contributed by atoms with E-state index in [1.165, 1.54) is 0 Å². The van der Waals surface area contributed by atoms with E-state index in [2.05, 4.69) is 4.98 Å². The summed E-state index contributed by atoms with van der Waals surface area (Å²) in [7, 11) is 1.97. The molecule has 0 spiro atoms. The minimum atomic E-state index is -0.263. The van der Waals surface area contributed by atoms with Gasteiger partial charge in [0.25, 0.3) is 0 Å². The van der Waals surface area contributed by atoms with Crippen LogP contribution in [0.25, 0.3) is 0 Å². The van der Waals surface area contributed by atoms with Crippen molar-refractivity contribution in [3.8, 4) is 0 Å². The largest absolute Gasteiger partial charge is 0.391 e. The molecule has 1 aliphatic carbocycles. The molecule has 2 rings (SSSR count). The third kappa shape index (κ3) is 2.79. The van der Waals surface area contributed by atoms with Gasteiger partial charge in [-0.2, -0.15) is 0 Å². The van der Waals surface area contributed by atoms with E-state index in [1.807, 2.05) is 24.1 Å². The Hall–Kier alpha value is -1.20. The van der Waals surface area contributed by atoms with Gasteiger partial charge < -0.3 is 15.7 Å². The summed E-state index contributed by atoms with van der Waals surface area (Å²) in [6.45, 7) is 0. The third-order valence-electron chi connectivity index (χ3n) is 3.59. The number of anilines is 1. The fourth-order valence-electron chi connectivity index (χ4n) is 2.45. The lowest BCUT2D eigenvalue weighted by atomic mass is 9.91. The number of thiocarbonyl (C=S) groups is 1. The van der Waals surface area contributed by atoms with Crippen molar-refractivity contribution >= 4 is 23.0 Å². The van der Waals surface area contributed by atoms with E-state index in [0.717, 1.165) is 37.1 Å². The Balaban J connectivity index is 2.12. The van der Waals surface area contributed by atoms with Gasteiger partial charge in [-0.1, -0.05) is 25.1 Å². The number of hydrogen-bond donors (Lipinski definition) is 2. The van der Waals surface area contributed by atoms with Gasteiger partial charge in [0, 0.05) is 18.8 Å². The minimum absolute atomic E-state index is 0.155. The van der Waals surface area contributed by atoms with Crippen LogP contribution in [0.4, 0.5) is 5.82 Å². The van der Waals surface area contributed by atoms with Crippen LogP contribution in [0.1, 0.15) is 31.2 Å². The van der Waals surface area contributed by atoms with Gasteiger partial charge in [0.2, 0.25) is 0 Å². The number of likely N-dealkylation sites (N-methyl/N-ethyl adjacent to an activating group) is 1. The number of pyridine rings is 1. The summed E-state index contributed by atoms with van der Waals surface area (Å²) >= 11 is 4.90. The van der Waals surface area contributed by atoms with Gasteiger partial charge in [-0.3, -0.25) is 0 Å². The molecule has 5 heteroatoms. The molecular formula is C13H19N3OS. The summed E-state index contributed by atoms with van der Waals surface area (Å²) in [6.07, 6.45) is 5.58. The third-order valence-corrected chi connectivity index (χ3v) is 3.82. The Bertz CT molecular complexity index is 421. The molecule has 1 aromatic rings. The molecule has 3 N–H and O–H groups in total. The quantitative estimate of drug-likeness (QED) is 0.810. The van der Waals surface area contributed by atoms with Crippen LogP contribution in [0.3, 0.4) is 0 Å². The van der Waals surface area contributed by atoms with Crippen molar-refractivity contribution in [1.82, 2.24) is 4.98 Å². The van der Waals surface area contributed by atoms with Crippen LogP contribution in [0.15, 0.2) is 18.3 Å². The maximum Gasteiger partial charge on any atom is 0.128 e. The van der Waals surface area contributed by atoms with Gasteiger partial charge in [-0.15, -0.1) is 0 Å². The average Bonchev–Trinajstić information content (AvgIpc) is 2.38. The standard InChI is InChI=1S/C13H19N3OS/c1-16(10-4-2-3-5-11(10)17)12-7-6-9(8-15-12)13(14)18/h6-8,10-11,17H,2-5H2,1H3,(H2,14,18). The number of aromatic nitrogens is 1. The van der Waals surface area contributed by atoms with Crippen molar-refractivity contribution in [2.45, 2.75) is 37.8 Å². The van der Waals surface area contributed by atoms with Crippen molar-refractivity contribution in [3.63, 3.8) is 0 Å². The molecule has 1 aliphatic rings. The predicted octanol–water partition coefficient (Wildman–Crippen LogP) is 1.46. The Labute approximate surface area is 113 Å². The summed E-state index contributed by atoms with van der Waals surface area (Å²) in [5, 5.41) is 10.0. The zero-order valence-electron chi connectivity index (χ0n) is 10.5. The lowest BCUT2D eigenvalue weighted by Crippen LogP contribution is -2.43. The van der Waals surface area contributed by atoms with E-state index in [4.69, 9.17) is 18.0 Å². The molecule has 0 saturated heterocycles.